The van der Waals surface area contributed by atoms with E-state index in [1.807, 2.05) is 0 Å². The van der Waals surface area contributed by atoms with Gasteiger partial charge in [0.1, 0.15) is 102 Å². The summed E-state index contributed by atoms with van der Waals surface area (Å²) < 4.78 is 0. The van der Waals surface area contributed by atoms with Gasteiger partial charge in [0, 0.05) is 91.1 Å². The van der Waals surface area contributed by atoms with Crippen molar-refractivity contribution in [2.24, 2.45) is 17.6 Å². The molecule has 42 heteroatoms. The van der Waals surface area contributed by atoms with Gasteiger partial charge in [-0.2, -0.15) is 0 Å². The second kappa shape index (κ2) is 48.3. The number of rotatable bonds is 22. The number of carboxylic acids is 1. The standard InChI is InChI=1S/C90H113N19O22S/c1-8-46(4)75-89(130)104-67(34-52-21-27-58(114)28-22-52)82(123)96-47(5)78(119)100-66(33-51-19-25-57(113)26-20-51)81(122)97-48(6)79(120)109-76(49(7)111)90(131)105-69(36-54-39-94-62-16-12-10-14-60(54)62)85(126)102-68(35-53-38-93-61-15-11-9-13-59(53)61)84(125)99-63(29-30-74(116)117)80(121)103-70(37-55-40-92-44-95-55)86(127)106-71(41-110)88(129)107-72(77(91)118)42-132-43-73(115)98-65(32-50-17-23-56(112)24-18-50)83(124)101-64(31-45(2)3)87(128)108-75/h9-28,38-40,44-49,63-72,75-76,93-94,110-114H,8,29-37,41-43H2,1-7H3,(H2,91,118)(H,92,95)(H,96,123)(H,97,122)(H,98,115)(H,99,125)(H,100,119)(H,101,124)(H,102,126)(H,103,121)(H,104,130)(H,105,131)(H,106,127)(H,107,129)(H,108,128)(H,109,120)(H,116,117)/t46-,47-,48-,49+,63-,64-,65+,66-,67-,68-,69-,70-,71-,72-,75-,76-/m0/s1. The van der Waals surface area contributed by atoms with Crippen LogP contribution in [0.3, 0.4) is 0 Å². The number of carbonyl (C=O) groups is 16. The van der Waals surface area contributed by atoms with Crippen LogP contribution < -0.4 is 80.2 Å². The average Bonchev–Trinajstić information content (AvgIpc) is 1.62. The van der Waals surface area contributed by atoms with Crippen molar-refractivity contribution in [3.63, 3.8) is 0 Å². The summed E-state index contributed by atoms with van der Waals surface area (Å²) >= 11 is 0.733. The number of carbonyl (C=O) groups excluding carboxylic acids is 15. The third-order valence-corrected chi connectivity index (χ3v) is 23.1. The number of nitrogens with one attached hydrogen (secondary N) is 17. The lowest BCUT2D eigenvalue weighted by Gasteiger charge is -2.30. The molecule has 1 fully saturated rings. The number of aromatic nitrogens is 4. The fourth-order valence-electron chi connectivity index (χ4n) is 14.5. The minimum absolute atomic E-state index is 0.0577. The van der Waals surface area contributed by atoms with Crippen LogP contribution in [-0.2, 0) is 115 Å². The molecule has 4 heterocycles. The fraction of sp³-hybridized carbons (Fsp3) is 0.411. The summed E-state index contributed by atoms with van der Waals surface area (Å²) in [6.07, 6.45) is 0.469. The topological polar surface area (TPSA) is 649 Å². The Morgan fingerprint density at radius 2 is 0.818 bits per heavy atom. The number of H-pyrrole nitrogens is 3. The first kappa shape index (κ1) is 101. The number of amides is 15. The summed E-state index contributed by atoms with van der Waals surface area (Å²) in [6.45, 7) is 9.28. The summed E-state index contributed by atoms with van der Waals surface area (Å²) in [5, 5.41) is 99.9. The lowest BCUT2D eigenvalue weighted by atomic mass is 9.95. The van der Waals surface area contributed by atoms with Crippen molar-refractivity contribution >= 4 is 128 Å². The van der Waals surface area contributed by atoms with Gasteiger partial charge in [0.2, 0.25) is 88.6 Å². The molecule has 0 spiro atoms. The van der Waals surface area contributed by atoms with E-state index in [2.05, 4.69) is 94.4 Å². The number of fused-ring (bicyclic) bond motifs is 2. The van der Waals surface area contributed by atoms with E-state index in [1.165, 1.54) is 99.2 Å². The Morgan fingerprint density at radius 1 is 0.439 bits per heavy atom. The number of nitrogens with two attached hydrogens (primary N) is 1. The number of aliphatic hydroxyl groups excluding tert-OH is 2. The largest absolute Gasteiger partial charge is 0.508 e. The number of benzene rings is 5. The smallest absolute Gasteiger partial charge is 0.303 e. The summed E-state index contributed by atoms with van der Waals surface area (Å²) in [5.74, 6) is -19.8. The molecule has 3 aromatic heterocycles. The van der Waals surface area contributed by atoms with E-state index in [4.69, 9.17) is 5.73 Å². The summed E-state index contributed by atoms with van der Waals surface area (Å²) in [4.78, 5) is 245. The second-order valence-electron chi connectivity index (χ2n) is 32.9. The van der Waals surface area contributed by atoms with Crippen LogP contribution in [0.4, 0.5) is 0 Å². The van der Waals surface area contributed by atoms with Crippen LogP contribution >= 0.6 is 11.8 Å². The first-order chi connectivity index (χ1) is 62.8. The number of aliphatic carboxylic acids is 1. The Labute approximate surface area is 762 Å². The molecule has 1 aliphatic heterocycles. The van der Waals surface area contributed by atoms with E-state index in [9.17, 15) is 97.8 Å². The molecule has 15 amide bonds. The zero-order chi connectivity index (χ0) is 96.2. The van der Waals surface area contributed by atoms with E-state index in [0.29, 0.717) is 49.6 Å². The average molecular weight is 1850 g/mol. The maximum absolute atomic E-state index is 15.4. The van der Waals surface area contributed by atoms with Crippen LogP contribution in [0, 0.1) is 11.8 Å². The molecular formula is C90H113N19O22S. The number of phenols is 3. The predicted molar refractivity (Wildman–Crippen MR) is 481 cm³/mol. The molecule has 0 saturated carbocycles. The molecule has 0 unspecified atom stereocenters. The highest BCUT2D eigenvalue weighted by Crippen LogP contribution is 2.25. The number of aliphatic hydroxyl groups is 2. The molecule has 706 valence electrons. The number of nitrogens with zero attached hydrogens (tertiary/aromatic N) is 1. The van der Waals surface area contributed by atoms with Gasteiger partial charge in [-0.25, -0.2) is 4.98 Å². The summed E-state index contributed by atoms with van der Waals surface area (Å²) in [5.41, 5.74) is 9.06. The molecule has 25 N–H and O–H groups in total. The Morgan fingerprint density at radius 3 is 1.26 bits per heavy atom. The Balaban J connectivity index is 1.07. The lowest BCUT2D eigenvalue weighted by Crippen LogP contribution is -2.62. The zero-order valence-electron chi connectivity index (χ0n) is 73.5. The maximum atomic E-state index is 15.4. The van der Waals surface area contributed by atoms with Gasteiger partial charge in [0.25, 0.3) is 0 Å². The van der Waals surface area contributed by atoms with Gasteiger partial charge in [0.05, 0.1) is 30.5 Å². The number of carboxylic acid groups (broad SMARTS) is 1. The van der Waals surface area contributed by atoms with E-state index < -0.39 is 229 Å². The SMILES string of the molecule is CC[C@H](C)[C@@H]1NC(=O)[C@H](CC(C)C)NC(=O)[C@@H](Cc2ccc(O)cc2)NC(=O)CSC[C@@H](C(N)=O)NC(=O)[C@H](CO)NC(=O)[C@H](Cc2c[nH]cn2)NC(=O)[C@H](CCC(=O)O)NC(=O)[C@H](Cc2c[nH]c3ccccc23)NC(=O)[C@H](Cc2c[nH]c3ccccc23)NC(=O)[C@H]([C@@H](C)O)NC(=O)[C@H](C)NC(=O)[C@H](Cc2ccc(O)cc2)NC(=O)[C@H](C)NC(=O)[C@H](Cc2ccc(O)cc2)NC1=O. The summed E-state index contributed by atoms with van der Waals surface area (Å²) in [6, 6.07) is 6.96. The van der Waals surface area contributed by atoms with Gasteiger partial charge in [-0.05, 0) is 122 Å². The highest BCUT2D eigenvalue weighted by atomic mass is 32.2. The molecule has 0 bridgehead atoms. The molecule has 9 rings (SSSR count). The number of phenolic OH excluding ortho intramolecular Hbond substituents is 3. The number of thioether (sulfide) groups is 1. The molecule has 0 radical (unpaired) electrons. The lowest BCUT2D eigenvalue weighted by molar-refractivity contribution is -0.139. The van der Waals surface area contributed by atoms with Crippen molar-refractivity contribution in [3.8, 4) is 17.2 Å². The molecule has 41 nitrogen and oxygen atoms in total. The number of imidazole rings is 1. The third kappa shape index (κ3) is 29.8. The molecule has 1 saturated heterocycles. The Kier molecular flexibility index (Phi) is 37.1. The van der Waals surface area contributed by atoms with Gasteiger partial charge in [-0.3, -0.25) is 76.7 Å². The maximum Gasteiger partial charge on any atom is 0.303 e. The van der Waals surface area contributed by atoms with E-state index in [-0.39, 0.29) is 73.8 Å². The van der Waals surface area contributed by atoms with Gasteiger partial charge in [-0.15, -0.1) is 11.8 Å². The highest BCUT2D eigenvalue weighted by Gasteiger charge is 2.40. The minimum Gasteiger partial charge on any atom is -0.508 e. The monoisotopic (exact) mass is 1840 g/mol. The van der Waals surface area contributed by atoms with Gasteiger partial charge < -0.3 is 126 Å². The van der Waals surface area contributed by atoms with Crippen LogP contribution in [0.5, 0.6) is 17.2 Å². The molecule has 5 aromatic carbocycles. The van der Waals surface area contributed by atoms with Crippen molar-refractivity contribution in [3.05, 3.63) is 180 Å². The van der Waals surface area contributed by atoms with E-state index >= 15 is 9.59 Å². The minimum atomic E-state index is -1.95. The highest BCUT2D eigenvalue weighted by molar-refractivity contribution is 8.00. The van der Waals surface area contributed by atoms with Crippen LogP contribution in [0.2, 0.25) is 0 Å². The number of para-hydroxylation sites is 2. The molecule has 132 heavy (non-hydrogen) atoms. The number of aromatic hydroxyl groups is 3. The first-order valence-corrected chi connectivity index (χ1v) is 44.0. The first-order valence-electron chi connectivity index (χ1n) is 42.9. The summed E-state index contributed by atoms with van der Waals surface area (Å²) in [7, 11) is 0. The van der Waals surface area contributed by atoms with Crippen LogP contribution in [0.25, 0.3) is 21.8 Å². The quantitative estimate of drug-likeness (QED) is 0.0372. The molecule has 16 atom stereocenters. The van der Waals surface area contributed by atoms with Crippen LogP contribution in [0.1, 0.15) is 108 Å². The Hall–Kier alpha value is -14.4. The molecule has 8 aromatic rings. The third-order valence-electron chi connectivity index (χ3n) is 22.1. The number of hydrogen-bond acceptors (Lipinski definition) is 23. The zero-order valence-corrected chi connectivity index (χ0v) is 74.3. The molecule has 1 aliphatic rings. The normalized spacial score (nSPS) is 23.8. The second-order valence-corrected chi connectivity index (χ2v) is 33.9. The van der Waals surface area contributed by atoms with Gasteiger partial charge in [-0.1, -0.05) is 107 Å². The van der Waals surface area contributed by atoms with E-state index in [1.54, 1.807) is 88.6 Å². The number of primary amides is 1. The van der Waals surface area contributed by atoms with Gasteiger partial charge >= 0.3 is 5.97 Å². The van der Waals surface area contributed by atoms with Crippen molar-refractivity contribution in [2.45, 2.75) is 203 Å². The van der Waals surface area contributed by atoms with E-state index in [0.717, 1.165) is 18.7 Å². The van der Waals surface area contributed by atoms with Crippen LogP contribution in [0.15, 0.2) is 146 Å². The number of hydrogen-bond donors (Lipinski definition) is 24. The Bertz CT molecular complexity index is 5400. The van der Waals surface area contributed by atoms with Gasteiger partial charge in [0.15, 0.2) is 0 Å². The van der Waals surface area contributed by atoms with Crippen molar-refractivity contribution < 1.29 is 107 Å². The van der Waals surface area contributed by atoms with Crippen LogP contribution in [-0.4, -0.2) is 254 Å². The van der Waals surface area contributed by atoms with Crippen molar-refractivity contribution in [2.75, 3.05) is 18.1 Å². The van der Waals surface area contributed by atoms with Crippen molar-refractivity contribution in [1.82, 2.24) is 94.4 Å². The molecular weight excluding hydrogens is 1730 g/mol. The predicted octanol–water partition coefficient (Wildman–Crippen LogP) is -1.37. The van der Waals surface area contributed by atoms with Crippen molar-refractivity contribution in [1.29, 1.82) is 0 Å². The molecule has 0 aliphatic carbocycles. The number of aromatic amines is 3. The fourth-order valence-corrected chi connectivity index (χ4v) is 15.4.